The minimum atomic E-state index is -4.71. The highest BCUT2D eigenvalue weighted by molar-refractivity contribution is 7.47. The van der Waals surface area contributed by atoms with Crippen molar-refractivity contribution in [3.05, 3.63) is 97.2 Å². The summed E-state index contributed by atoms with van der Waals surface area (Å²) in [6.07, 6.45) is 39.0. The van der Waals surface area contributed by atoms with E-state index in [2.05, 4.69) is 73.1 Å². The third kappa shape index (κ3) is 30.5. The molecule has 0 spiro atoms. The number of allylic oxidation sites excluding steroid dienone is 14. The zero-order valence-electron chi connectivity index (χ0n) is 37.0. The molecule has 1 aliphatic rings. The predicted molar refractivity (Wildman–Crippen MR) is 243 cm³/mol. The lowest BCUT2D eigenvalue weighted by Gasteiger charge is -2.20. The molecule has 0 heterocycles. The third-order valence-corrected chi connectivity index (χ3v) is 10.6. The van der Waals surface area contributed by atoms with Gasteiger partial charge in [-0.2, -0.15) is 0 Å². The fraction of sp³-hybridized carbons (Fsp3) is 0.604. The second kappa shape index (κ2) is 36.9. The summed E-state index contributed by atoms with van der Waals surface area (Å²) in [5, 5.41) is 39.0. The molecule has 1 saturated carbocycles. The van der Waals surface area contributed by atoms with Gasteiger partial charge in [0.15, 0.2) is 6.10 Å². The normalized spacial score (nSPS) is 20.0. The van der Waals surface area contributed by atoms with E-state index >= 15 is 0 Å². The number of Topliss-reactive ketones (excluding diaryl/α,β-unsaturated/α-hetero) is 1. The van der Waals surface area contributed by atoms with Crippen LogP contribution in [0.25, 0.3) is 0 Å². The van der Waals surface area contributed by atoms with Crippen LogP contribution in [0.1, 0.15) is 123 Å². The van der Waals surface area contributed by atoms with Crippen LogP contribution in [0.3, 0.4) is 0 Å². The third-order valence-electron chi connectivity index (χ3n) is 9.60. The van der Waals surface area contributed by atoms with Gasteiger partial charge in [-0.15, -0.1) is 0 Å². The highest BCUT2D eigenvalue weighted by Crippen LogP contribution is 2.43. The second-order valence-corrected chi connectivity index (χ2v) is 16.6. The highest BCUT2D eigenvalue weighted by atomic mass is 31.2. The van der Waals surface area contributed by atoms with Crippen molar-refractivity contribution in [1.29, 1.82) is 0 Å². The van der Waals surface area contributed by atoms with Gasteiger partial charge in [-0.1, -0.05) is 130 Å². The average Bonchev–Trinajstić information content (AvgIpc) is 3.52. The number of aliphatic hydroxyl groups is 4. The van der Waals surface area contributed by atoms with Gasteiger partial charge in [-0.25, -0.2) is 4.57 Å². The lowest BCUT2D eigenvalue weighted by Crippen LogP contribution is -2.29. The largest absolute Gasteiger partial charge is 0.472 e. The molecule has 0 amide bonds. The number of aliphatic hydroxyl groups excluding tert-OH is 4. The maximum atomic E-state index is 12.6. The molecule has 0 radical (unpaired) electrons. The summed E-state index contributed by atoms with van der Waals surface area (Å²) in [6.45, 7) is 1.74. The number of unbranched alkanes of at least 4 members (excludes halogenated alkanes) is 3. The van der Waals surface area contributed by atoms with Gasteiger partial charge in [0.25, 0.3) is 0 Å². The summed E-state index contributed by atoms with van der Waals surface area (Å²) in [7, 11) is -4.71. The Labute approximate surface area is 370 Å². The number of rotatable bonds is 36. The van der Waals surface area contributed by atoms with Gasteiger partial charge < -0.3 is 34.8 Å². The molecule has 13 nitrogen and oxygen atoms in total. The monoisotopic (exact) mass is 890 g/mol. The first-order valence-corrected chi connectivity index (χ1v) is 23.8. The van der Waals surface area contributed by atoms with Gasteiger partial charge in [0.1, 0.15) is 18.5 Å². The number of ether oxygens (including phenoxy) is 2. The van der Waals surface area contributed by atoms with Crippen molar-refractivity contribution in [2.24, 2.45) is 11.8 Å². The summed E-state index contributed by atoms with van der Waals surface area (Å²) in [5.41, 5.74) is 0. The SMILES string of the molecule is CC/C=C\C/C=C\C/C=C\C/C=C\C/C=C\C/C=C\CCC(=O)O[C@H](COC(=O)CCC/C=C\C[C@H]1C(=O)C[C@@H](O)[C@@H]1/C=C/[C@@H](O)CCCCC)COP(=O)(O)OC[C@@H](O)CO. The second-order valence-electron chi connectivity index (χ2n) is 15.1. The minimum absolute atomic E-state index is 0.00161. The van der Waals surface area contributed by atoms with Gasteiger partial charge in [0.2, 0.25) is 0 Å². The topological polar surface area (TPSA) is 206 Å². The zero-order valence-corrected chi connectivity index (χ0v) is 37.9. The lowest BCUT2D eigenvalue weighted by molar-refractivity contribution is -0.161. The molecule has 0 aromatic carbocycles. The van der Waals surface area contributed by atoms with Crippen LogP contribution in [0, 0.1) is 11.8 Å². The Kier molecular flexibility index (Phi) is 33.6. The van der Waals surface area contributed by atoms with E-state index in [1.165, 1.54) is 0 Å². The molecular weight excluding hydrogens is 815 g/mol. The molecule has 0 aliphatic heterocycles. The van der Waals surface area contributed by atoms with Crippen molar-refractivity contribution >= 4 is 25.5 Å². The molecule has 62 heavy (non-hydrogen) atoms. The zero-order chi connectivity index (χ0) is 45.7. The van der Waals surface area contributed by atoms with Crippen molar-refractivity contribution in [3.63, 3.8) is 0 Å². The fourth-order valence-corrected chi connectivity index (χ4v) is 6.91. The van der Waals surface area contributed by atoms with Gasteiger partial charge in [0, 0.05) is 31.1 Å². The molecule has 1 unspecified atom stereocenters. The number of carbonyl (C=O) groups is 3. The maximum Gasteiger partial charge on any atom is 0.472 e. The molecule has 0 saturated heterocycles. The van der Waals surface area contributed by atoms with Crippen LogP contribution in [0.15, 0.2) is 97.2 Å². The molecule has 0 bridgehead atoms. The molecule has 14 heteroatoms. The van der Waals surface area contributed by atoms with Gasteiger partial charge >= 0.3 is 19.8 Å². The van der Waals surface area contributed by atoms with Crippen LogP contribution < -0.4 is 0 Å². The number of ketones is 1. The molecule has 1 aliphatic carbocycles. The maximum absolute atomic E-state index is 12.6. The van der Waals surface area contributed by atoms with Gasteiger partial charge in [-0.05, 0) is 70.6 Å². The Hall–Kier alpha value is -3.52. The first-order valence-electron chi connectivity index (χ1n) is 22.3. The number of phosphoric acid groups is 1. The van der Waals surface area contributed by atoms with Crippen LogP contribution in [0.5, 0.6) is 0 Å². The van der Waals surface area contributed by atoms with E-state index in [1.54, 1.807) is 12.2 Å². The first-order chi connectivity index (χ1) is 29.9. The number of hydrogen-bond acceptors (Lipinski definition) is 12. The number of hydrogen-bond donors (Lipinski definition) is 5. The lowest BCUT2D eigenvalue weighted by atomic mass is 9.90. The Morgan fingerprint density at radius 3 is 1.92 bits per heavy atom. The summed E-state index contributed by atoms with van der Waals surface area (Å²) in [6, 6.07) is 0. The molecule has 1 rings (SSSR count). The molecular formula is C48H75O13P. The van der Waals surface area contributed by atoms with Crippen molar-refractivity contribution in [2.75, 3.05) is 26.4 Å². The van der Waals surface area contributed by atoms with Gasteiger partial charge in [-0.3, -0.25) is 23.4 Å². The Morgan fingerprint density at radius 1 is 0.742 bits per heavy atom. The Balaban J connectivity index is 2.52. The van der Waals surface area contributed by atoms with E-state index in [1.807, 2.05) is 30.4 Å². The van der Waals surface area contributed by atoms with Crippen LogP contribution in [0.2, 0.25) is 0 Å². The predicted octanol–water partition coefficient (Wildman–Crippen LogP) is 8.59. The Bertz CT molecular complexity index is 1510. The Morgan fingerprint density at radius 2 is 1.32 bits per heavy atom. The quantitative estimate of drug-likeness (QED) is 0.0173. The number of esters is 2. The molecule has 0 aromatic heterocycles. The van der Waals surface area contributed by atoms with E-state index in [0.717, 1.165) is 51.4 Å². The van der Waals surface area contributed by atoms with E-state index in [-0.39, 0.29) is 31.0 Å². The molecule has 7 atom stereocenters. The smallest absolute Gasteiger partial charge is 0.462 e. The van der Waals surface area contributed by atoms with Crippen LogP contribution >= 0.6 is 7.82 Å². The van der Waals surface area contributed by atoms with E-state index < -0.39 is 76.5 Å². The van der Waals surface area contributed by atoms with E-state index in [9.17, 15) is 39.2 Å². The number of phosphoric ester groups is 1. The average molecular weight is 891 g/mol. The molecule has 5 N–H and O–H groups in total. The van der Waals surface area contributed by atoms with Crippen LogP contribution in [0.4, 0.5) is 0 Å². The molecule has 350 valence electrons. The summed E-state index contributed by atoms with van der Waals surface area (Å²) in [5.74, 6) is -2.02. The number of carbonyl (C=O) groups excluding carboxylic acids is 3. The summed E-state index contributed by atoms with van der Waals surface area (Å²) < 4.78 is 32.6. The van der Waals surface area contributed by atoms with Crippen LogP contribution in [-0.2, 0) is 37.5 Å². The van der Waals surface area contributed by atoms with E-state index in [0.29, 0.717) is 38.5 Å². The van der Waals surface area contributed by atoms with Crippen LogP contribution in [-0.4, -0.2) is 93.9 Å². The van der Waals surface area contributed by atoms with Crippen molar-refractivity contribution in [1.82, 2.24) is 0 Å². The van der Waals surface area contributed by atoms with Crippen molar-refractivity contribution in [2.45, 2.75) is 147 Å². The fourth-order valence-electron chi connectivity index (χ4n) is 6.12. The standard InChI is InChI=1S/C48H75O13P/c1-3-5-7-8-9-10-11-12-13-14-15-16-17-18-19-20-21-22-28-32-48(55)61-42(39-60-62(56,57)59-37-41(51)36-49)38-58-47(54)31-27-24-23-26-30-43-44(46(53)35-45(43)52)34-33-40(50)29-25-6-4-2/h5,7,9-10,12-13,15-16,18-19,21-23,26,33-34,40-44,46,49-51,53H,3-4,6,8,11,14,17,20,24-25,27-32,35-39H2,1-2H3,(H,56,57)/b7-5-,10-9-,13-12-,16-15-,19-18-,22-21-,26-23-,34-33+/t40-,41-,42+,43+,44+,46+/m0/s1. The first kappa shape index (κ1) is 56.5. The summed E-state index contributed by atoms with van der Waals surface area (Å²) in [4.78, 5) is 47.7. The minimum Gasteiger partial charge on any atom is -0.462 e. The highest BCUT2D eigenvalue weighted by Gasteiger charge is 2.39. The van der Waals surface area contributed by atoms with Crippen molar-refractivity contribution < 1.29 is 62.8 Å². The van der Waals surface area contributed by atoms with E-state index in [4.69, 9.17) is 19.1 Å². The molecule has 1 fully saturated rings. The molecule has 0 aromatic rings. The van der Waals surface area contributed by atoms with Crippen molar-refractivity contribution in [3.8, 4) is 0 Å². The summed E-state index contributed by atoms with van der Waals surface area (Å²) >= 11 is 0. The van der Waals surface area contributed by atoms with Gasteiger partial charge in [0.05, 0.1) is 32.0 Å².